The lowest BCUT2D eigenvalue weighted by atomic mass is 10.0. The molecule has 0 aromatic rings. The number of nitrogens with two attached hydrogens (primary N) is 1. The van der Waals surface area contributed by atoms with Crippen molar-refractivity contribution in [2.75, 3.05) is 13.1 Å². The molecule has 0 aromatic heterocycles. The van der Waals surface area contributed by atoms with E-state index in [2.05, 4.69) is 21.3 Å². The van der Waals surface area contributed by atoms with Crippen LogP contribution in [0.1, 0.15) is 59.3 Å². The van der Waals surface area contributed by atoms with Crippen LogP contribution in [0.25, 0.3) is 0 Å². The van der Waals surface area contributed by atoms with E-state index in [4.69, 9.17) is 5.73 Å². The van der Waals surface area contributed by atoms with Gasteiger partial charge < -0.3 is 37.2 Å². The molecule has 1 saturated heterocycles. The molecule has 0 radical (unpaired) electrons. The zero-order valence-corrected chi connectivity index (χ0v) is 19.2. The van der Waals surface area contributed by atoms with Gasteiger partial charge in [0.1, 0.15) is 18.1 Å². The minimum absolute atomic E-state index is 0.0221. The molecule has 0 spiro atoms. The van der Waals surface area contributed by atoms with Crippen LogP contribution in [0.5, 0.6) is 0 Å². The molecule has 0 unspecified atom stereocenters. The summed E-state index contributed by atoms with van der Waals surface area (Å²) in [7, 11) is 0. The molecule has 0 saturated carbocycles. The molecule has 11 heteroatoms. The Labute approximate surface area is 189 Å². The monoisotopic (exact) mass is 457 g/mol. The Morgan fingerprint density at radius 2 is 1.69 bits per heavy atom. The molecule has 0 aliphatic carbocycles. The highest BCUT2D eigenvalue weighted by molar-refractivity contribution is 5.94. The average molecular weight is 458 g/mol. The third-order valence-electron chi connectivity index (χ3n) is 5.34. The largest absolute Gasteiger partial charge is 0.480 e. The quantitative estimate of drug-likeness (QED) is 0.159. The zero-order valence-electron chi connectivity index (χ0n) is 19.2. The predicted octanol–water partition coefficient (Wildman–Crippen LogP) is -1.17. The first-order valence-electron chi connectivity index (χ1n) is 11.3. The first-order valence-corrected chi connectivity index (χ1v) is 11.3. The van der Waals surface area contributed by atoms with Crippen LogP contribution in [-0.4, -0.2) is 77.3 Å². The van der Waals surface area contributed by atoms with Crippen LogP contribution in [0.3, 0.4) is 0 Å². The third-order valence-corrected chi connectivity index (χ3v) is 5.34. The topological polar surface area (TPSA) is 183 Å². The highest BCUT2D eigenvalue weighted by atomic mass is 16.4. The number of aliphatic hydroxyl groups excluding tert-OH is 1. The summed E-state index contributed by atoms with van der Waals surface area (Å²) in [6, 6.07) is -3.78. The van der Waals surface area contributed by atoms with E-state index >= 15 is 0 Å². The van der Waals surface area contributed by atoms with Crippen LogP contribution >= 0.6 is 0 Å². The van der Waals surface area contributed by atoms with Crippen molar-refractivity contribution >= 4 is 23.7 Å². The van der Waals surface area contributed by atoms with E-state index in [0.717, 1.165) is 6.42 Å². The Kier molecular flexibility index (Phi) is 12.2. The summed E-state index contributed by atoms with van der Waals surface area (Å²) >= 11 is 0. The molecule has 184 valence electrons. The Bertz CT molecular complexity index is 636. The van der Waals surface area contributed by atoms with Gasteiger partial charge >= 0.3 is 5.97 Å². The number of carboxylic acid groups (broad SMARTS) is 1. The van der Waals surface area contributed by atoms with Gasteiger partial charge in [0.2, 0.25) is 17.7 Å². The normalized spacial score (nSPS) is 19.6. The molecule has 1 heterocycles. The Morgan fingerprint density at radius 3 is 2.19 bits per heavy atom. The van der Waals surface area contributed by atoms with Crippen molar-refractivity contribution in [3.63, 3.8) is 0 Å². The lowest BCUT2D eigenvalue weighted by Gasteiger charge is -2.27. The molecular weight excluding hydrogens is 418 g/mol. The van der Waals surface area contributed by atoms with Gasteiger partial charge in [0.25, 0.3) is 0 Å². The van der Waals surface area contributed by atoms with Crippen molar-refractivity contribution in [1.29, 1.82) is 0 Å². The molecule has 1 rings (SSSR count). The fraction of sp³-hybridized carbons (Fsp3) is 0.810. The van der Waals surface area contributed by atoms with Crippen molar-refractivity contribution in [2.45, 2.75) is 89.6 Å². The maximum Gasteiger partial charge on any atom is 0.326 e. The second-order valence-corrected chi connectivity index (χ2v) is 8.75. The van der Waals surface area contributed by atoms with Gasteiger partial charge in [-0.15, -0.1) is 0 Å². The maximum absolute atomic E-state index is 12.8. The highest BCUT2D eigenvalue weighted by Crippen LogP contribution is 2.09. The standard InChI is InChI=1S/C21H39N5O6/c1-12(2)11-16(19(29)24-15(21(31)32)7-4-5-9-22)25-20(30)17(13(3)27)26-18(28)14-8-6-10-23-14/h12-17,23,27H,4-11,22H2,1-3H3,(H,24,29)(H,25,30)(H,26,28)(H,31,32)/t13-,14+,15+,16+,17+/m1/s1. The number of hydrogen-bond acceptors (Lipinski definition) is 7. The second kappa shape index (κ2) is 14.0. The number of carbonyl (C=O) groups is 4. The lowest BCUT2D eigenvalue weighted by Crippen LogP contribution is -2.59. The van der Waals surface area contributed by atoms with Crippen molar-refractivity contribution in [3.05, 3.63) is 0 Å². The van der Waals surface area contributed by atoms with E-state index in [9.17, 15) is 29.4 Å². The van der Waals surface area contributed by atoms with Gasteiger partial charge in [0.15, 0.2) is 0 Å². The summed E-state index contributed by atoms with van der Waals surface area (Å²) in [6.07, 6.45) is 1.96. The number of carbonyl (C=O) groups excluding carboxylic acids is 3. The van der Waals surface area contributed by atoms with Crippen molar-refractivity contribution < 1.29 is 29.4 Å². The number of nitrogens with one attached hydrogen (secondary N) is 4. The number of amides is 3. The van der Waals surface area contributed by atoms with Crippen LogP contribution in [0.4, 0.5) is 0 Å². The van der Waals surface area contributed by atoms with Gasteiger partial charge in [-0.2, -0.15) is 0 Å². The van der Waals surface area contributed by atoms with Gasteiger partial charge in [0, 0.05) is 0 Å². The molecule has 1 aliphatic heterocycles. The maximum atomic E-state index is 12.8. The van der Waals surface area contributed by atoms with Gasteiger partial charge in [-0.25, -0.2) is 4.79 Å². The summed E-state index contributed by atoms with van der Waals surface area (Å²) in [5.74, 6) is -2.86. The molecule has 0 aromatic carbocycles. The van der Waals surface area contributed by atoms with Crippen molar-refractivity contribution in [1.82, 2.24) is 21.3 Å². The fourth-order valence-electron chi connectivity index (χ4n) is 3.55. The molecule has 1 aliphatic rings. The summed E-state index contributed by atoms with van der Waals surface area (Å²) < 4.78 is 0. The molecule has 3 amide bonds. The van der Waals surface area contributed by atoms with E-state index in [0.29, 0.717) is 32.4 Å². The Balaban J connectivity index is 2.84. The molecular formula is C21H39N5O6. The minimum Gasteiger partial charge on any atom is -0.480 e. The molecule has 32 heavy (non-hydrogen) atoms. The number of rotatable bonds is 14. The Morgan fingerprint density at radius 1 is 1.03 bits per heavy atom. The van der Waals surface area contributed by atoms with E-state index in [1.54, 1.807) is 0 Å². The summed E-state index contributed by atoms with van der Waals surface area (Å²) in [5.41, 5.74) is 5.44. The number of unbranched alkanes of at least 4 members (excludes halogenated alkanes) is 1. The van der Waals surface area contributed by atoms with E-state index in [1.165, 1.54) is 6.92 Å². The smallest absolute Gasteiger partial charge is 0.326 e. The predicted molar refractivity (Wildman–Crippen MR) is 118 cm³/mol. The molecule has 1 fully saturated rings. The van der Waals surface area contributed by atoms with E-state index in [1.807, 2.05) is 13.8 Å². The first-order chi connectivity index (χ1) is 15.1. The van der Waals surface area contributed by atoms with Crippen LogP contribution in [0, 0.1) is 5.92 Å². The lowest BCUT2D eigenvalue weighted by molar-refractivity contribution is -0.142. The SMILES string of the molecule is CC(C)C[C@H](NC(=O)[C@@H](NC(=O)[C@@H]1CCCN1)[C@@H](C)O)C(=O)N[C@@H](CCCCN)C(=O)O. The van der Waals surface area contributed by atoms with Crippen LogP contribution in [0.15, 0.2) is 0 Å². The molecule has 8 N–H and O–H groups in total. The summed E-state index contributed by atoms with van der Waals surface area (Å²) in [6.45, 7) is 6.23. The highest BCUT2D eigenvalue weighted by Gasteiger charge is 2.33. The third kappa shape index (κ3) is 9.49. The minimum atomic E-state index is -1.24. The van der Waals surface area contributed by atoms with Crippen molar-refractivity contribution in [3.8, 4) is 0 Å². The summed E-state index contributed by atoms with van der Waals surface area (Å²) in [5, 5.41) is 30.1. The van der Waals surface area contributed by atoms with Crippen molar-refractivity contribution in [2.24, 2.45) is 11.7 Å². The van der Waals surface area contributed by atoms with Gasteiger partial charge in [-0.1, -0.05) is 13.8 Å². The second-order valence-electron chi connectivity index (χ2n) is 8.75. The number of hydrogen-bond donors (Lipinski definition) is 7. The van der Waals surface area contributed by atoms with E-state index in [-0.39, 0.29) is 24.7 Å². The summed E-state index contributed by atoms with van der Waals surface area (Å²) in [4.78, 5) is 49.6. The average Bonchev–Trinajstić information content (AvgIpc) is 3.24. The Hall–Kier alpha value is -2.24. The first kappa shape index (κ1) is 27.8. The fourth-order valence-corrected chi connectivity index (χ4v) is 3.55. The zero-order chi connectivity index (χ0) is 24.3. The van der Waals surface area contributed by atoms with Crippen LogP contribution < -0.4 is 27.0 Å². The number of aliphatic hydroxyl groups is 1. The van der Waals surface area contributed by atoms with Gasteiger partial charge in [0.05, 0.1) is 12.1 Å². The number of carboxylic acids is 1. The number of aliphatic carboxylic acids is 1. The van der Waals surface area contributed by atoms with E-state index < -0.39 is 48.1 Å². The van der Waals surface area contributed by atoms with Crippen LogP contribution in [0.2, 0.25) is 0 Å². The molecule has 11 nitrogen and oxygen atoms in total. The van der Waals surface area contributed by atoms with Crippen LogP contribution in [-0.2, 0) is 19.2 Å². The van der Waals surface area contributed by atoms with Gasteiger partial charge in [-0.3, -0.25) is 14.4 Å². The molecule has 5 atom stereocenters. The van der Waals surface area contributed by atoms with Gasteiger partial charge in [-0.05, 0) is 64.5 Å². The molecule has 0 bridgehead atoms.